The van der Waals surface area contributed by atoms with E-state index >= 15 is 4.39 Å². The highest BCUT2D eigenvalue weighted by Gasteiger charge is 2.37. The highest BCUT2D eigenvalue weighted by atomic mass is 35.5. The quantitative estimate of drug-likeness (QED) is 0.273. The second-order valence-electron chi connectivity index (χ2n) is 10.1. The minimum Gasteiger partial charge on any atom is -0.344 e. The summed E-state index contributed by atoms with van der Waals surface area (Å²) in [6, 6.07) is 12.9. The molecule has 10 heteroatoms. The molecule has 39 heavy (non-hydrogen) atoms. The highest BCUT2D eigenvalue weighted by molar-refractivity contribution is 7.19. The molecule has 1 N–H and O–H groups in total. The standard InChI is InChI=1S/C29H23ClFN5O2S/c30-18-12-17-4-11-35(16-29(31)5-9-32-10-6-29)25(17)22(13-18)20-3-8-33-23-14-19(39-26(20)23)15-36-27(37)21-2-1-7-34-24(21)28(36)38/h1-4,7-8,11-14,32H,5-6,9-10,15-16H2. The van der Waals surface area contributed by atoms with Gasteiger partial charge in [-0.1, -0.05) is 11.6 Å². The molecule has 1 saturated heterocycles. The zero-order chi connectivity index (χ0) is 26.7. The largest absolute Gasteiger partial charge is 0.344 e. The van der Waals surface area contributed by atoms with Crippen molar-refractivity contribution in [2.45, 2.75) is 31.6 Å². The number of benzene rings is 1. The number of carbonyl (C=O) groups is 2. The van der Waals surface area contributed by atoms with Gasteiger partial charge in [-0.3, -0.25) is 24.5 Å². The van der Waals surface area contributed by atoms with Crippen LogP contribution in [0, 0.1) is 0 Å². The number of nitrogens with zero attached hydrogens (tertiary/aromatic N) is 4. The van der Waals surface area contributed by atoms with Crippen molar-refractivity contribution in [3.63, 3.8) is 0 Å². The third kappa shape index (κ3) is 4.12. The normalized spacial score (nSPS) is 16.9. The van der Waals surface area contributed by atoms with Crippen LogP contribution in [0.25, 0.3) is 32.2 Å². The first kappa shape index (κ1) is 24.4. The van der Waals surface area contributed by atoms with Crippen molar-refractivity contribution in [2.24, 2.45) is 0 Å². The Morgan fingerprint density at radius 1 is 1.00 bits per heavy atom. The Labute approximate surface area is 232 Å². The van der Waals surface area contributed by atoms with E-state index in [9.17, 15) is 9.59 Å². The van der Waals surface area contributed by atoms with Crippen molar-refractivity contribution in [3.05, 3.63) is 82.2 Å². The van der Waals surface area contributed by atoms with Crippen LogP contribution in [0.15, 0.2) is 61.1 Å². The first-order valence-corrected chi connectivity index (χ1v) is 14.0. The van der Waals surface area contributed by atoms with Crippen LogP contribution in [0.5, 0.6) is 0 Å². The van der Waals surface area contributed by atoms with Crippen molar-refractivity contribution < 1.29 is 14.0 Å². The van der Waals surface area contributed by atoms with Crippen LogP contribution in [0.3, 0.4) is 0 Å². The van der Waals surface area contributed by atoms with E-state index in [4.69, 9.17) is 11.6 Å². The molecule has 2 aliphatic rings. The maximum absolute atomic E-state index is 15.7. The number of aromatic nitrogens is 3. The number of nitrogens with one attached hydrogen (secondary N) is 1. The molecule has 1 aromatic carbocycles. The Bertz CT molecular complexity index is 1760. The van der Waals surface area contributed by atoms with Gasteiger partial charge in [-0.2, -0.15) is 0 Å². The van der Waals surface area contributed by atoms with Crippen LogP contribution < -0.4 is 5.32 Å². The summed E-state index contributed by atoms with van der Waals surface area (Å²) in [5.41, 5.74) is 2.72. The number of imide groups is 1. The summed E-state index contributed by atoms with van der Waals surface area (Å²) < 4.78 is 18.6. The number of rotatable bonds is 5. The molecular weight excluding hydrogens is 537 g/mol. The van der Waals surface area contributed by atoms with Crippen LogP contribution in [0.1, 0.15) is 38.6 Å². The second kappa shape index (κ2) is 9.22. The lowest BCUT2D eigenvalue weighted by molar-refractivity contribution is 0.0642. The molecule has 2 aliphatic heterocycles. The van der Waals surface area contributed by atoms with Crippen molar-refractivity contribution >= 4 is 55.9 Å². The molecule has 4 aromatic heterocycles. The lowest BCUT2D eigenvalue weighted by atomic mass is 9.94. The number of fused-ring (bicyclic) bond motifs is 3. The average molecular weight is 560 g/mol. The van der Waals surface area contributed by atoms with Gasteiger partial charge in [0.15, 0.2) is 0 Å². The van der Waals surface area contributed by atoms with Gasteiger partial charge in [0.05, 0.1) is 34.4 Å². The van der Waals surface area contributed by atoms with Crippen LogP contribution in [-0.4, -0.2) is 50.0 Å². The Kier molecular flexibility index (Phi) is 5.77. The zero-order valence-electron chi connectivity index (χ0n) is 20.8. The molecule has 5 aromatic rings. The van der Waals surface area contributed by atoms with Crippen LogP contribution >= 0.6 is 22.9 Å². The van der Waals surface area contributed by atoms with Gasteiger partial charge in [-0.05, 0) is 68.4 Å². The highest BCUT2D eigenvalue weighted by Crippen LogP contribution is 2.40. The molecule has 7 rings (SSSR count). The van der Waals surface area contributed by atoms with E-state index in [0.717, 1.165) is 37.1 Å². The fourth-order valence-corrected chi connectivity index (χ4v) is 7.04. The number of piperidine rings is 1. The first-order valence-electron chi connectivity index (χ1n) is 12.8. The minimum atomic E-state index is -1.28. The molecule has 0 unspecified atom stereocenters. The number of thiophene rings is 1. The van der Waals surface area contributed by atoms with Gasteiger partial charge in [0.25, 0.3) is 11.8 Å². The maximum atomic E-state index is 15.7. The summed E-state index contributed by atoms with van der Waals surface area (Å²) in [6.45, 7) is 1.74. The number of alkyl halides is 1. The predicted octanol–water partition coefficient (Wildman–Crippen LogP) is 5.85. The summed E-state index contributed by atoms with van der Waals surface area (Å²) in [4.78, 5) is 36.5. The summed E-state index contributed by atoms with van der Waals surface area (Å²) in [7, 11) is 0. The molecule has 0 aliphatic carbocycles. The molecule has 7 nitrogen and oxygen atoms in total. The summed E-state index contributed by atoms with van der Waals surface area (Å²) >= 11 is 8.04. The average Bonchev–Trinajstić information content (AvgIpc) is 3.60. The van der Waals surface area contributed by atoms with Crippen molar-refractivity contribution in [2.75, 3.05) is 13.1 Å². The predicted molar refractivity (Wildman–Crippen MR) is 150 cm³/mol. The molecule has 2 amide bonds. The Hall–Kier alpha value is -3.66. The molecule has 196 valence electrons. The topological polar surface area (TPSA) is 80.1 Å². The van der Waals surface area contributed by atoms with Gasteiger partial charge >= 0.3 is 0 Å². The van der Waals surface area contributed by atoms with Crippen LogP contribution in [-0.2, 0) is 13.1 Å². The number of hydrogen-bond donors (Lipinski definition) is 1. The smallest absolute Gasteiger partial charge is 0.280 e. The zero-order valence-corrected chi connectivity index (χ0v) is 22.4. The lowest BCUT2D eigenvalue weighted by Crippen LogP contribution is -2.41. The van der Waals surface area contributed by atoms with E-state index in [0.29, 0.717) is 36.5 Å². The van der Waals surface area contributed by atoms with Crippen LogP contribution in [0.4, 0.5) is 4.39 Å². The Morgan fingerprint density at radius 3 is 2.67 bits per heavy atom. The van der Waals surface area contributed by atoms with Gasteiger partial charge < -0.3 is 9.88 Å². The van der Waals surface area contributed by atoms with E-state index < -0.39 is 11.6 Å². The van der Waals surface area contributed by atoms with E-state index in [1.165, 1.54) is 22.4 Å². The lowest BCUT2D eigenvalue weighted by Gasteiger charge is -2.31. The molecular formula is C29H23ClFN5O2S. The third-order valence-electron chi connectivity index (χ3n) is 7.58. The van der Waals surface area contributed by atoms with Gasteiger partial charge in [0.1, 0.15) is 11.4 Å². The minimum absolute atomic E-state index is 0.133. The molecule has 0 radical (unpaired) electrons. The Morgan fingerprint density at radius 2 is 1.85 bits per heavy atom. The van der Waals surface area contributed by atoms with Crippen molar-refractivity contribution in [1.29, 1.82) is 0 Å². The molecule has 0 atom stereocenters. The number of halogens is 2. The van der Waals surface area contributed by atoms with E-state index in [1.807, 2.05) is 41.1 Å². The number of pyridine rings is 2. The van der Waals surface area contributed by atoms with E-state index in [-0.39, 0.29) is 24.7 Å². The molecule has 0 saturated carbocycles. The number of carbonyl (C=O) groups excluding carboxylic acids is 2. The van der Waals surface area contributed by atoms with Gasteiger partial charge in [0.2, 0.25) is 0 Å². The van der Waals surface area contributed by atoms with Crippen LogP contribution in [0.2, 0.25) is 5.02 Å². The van der Waals surface area contributed by atoms with Crippen molar-refractivity contribution in [3.8, 4) is 11.1 Å². The fourth-order valence-electron chi connectivity index (χ4n) is 5.68. The van der Waals surface area contributed by atoms with E-state index in [2.05, 4.69) is 15.3 Å². The Balaban J connectivity index is 1.29. The van der Waals surface area contributed by atoms with E-state index in [1.54, 1.807) is 18.3 Å². The number of hydrogen-bond acceptors (Lipinski definition) is 6. The first-order chi connectivity index (χ1) is 18.9. The summed E-state index contributed by atoms with van der Waals surface area (Å²) in [6.07, 6.45) is 6.13. The molecule has 0 spiro atoms. The van der Waals surface area contributed by atoms with Gasteiger partial charge in [-0.25, -0.2) is 4.39 Å². The number of amides is 2. The third-order valence-corrected chi connectivity index (χ3v) is 8.94. The monoisotopic (exact) mass is 559 g/mol. The molecule has 0 bridgehead atoms. The SMILES string of the molecule is O=C1c2cccnc2C(=O)N1Cc1cc2nccc(-c3cc(Cl)cc4ccn(CC5(F)CCNCC5)c34)c2s1. The summed E-state index contributed by atoms with van der Waals surface area (Å²) in [5, 5.41) is 4.77. The fraction of sp³-hybridized carbons (Fsp3) is 0.241. The van der Waals surface area contributed by atoms with Gasteiger partial charge in [0, 0.05) is 45.0 Å². The molecule has 1 fully saturated rings. The maximum Gasteiger partial charge on any atom is 0.280 e. The van der Waals surface area contributed by atoms with Gasteiger partial charge in [-0.15, -0.1) is 11.3 Å². The molecule has 6 heterocycles. The van der Waals surface area contributed by atoms with Crippen molar-refractivity contribution in [1.82, 2.24) is 24.8 Å². The second-order valence-corrected chi connectivity index (χ2v) is 11.7. The summed E-state index contributed by atoms with van der Waals surface area (Å²) in [5.74, 6) is -0.741.